The molecule has 0 saturated heterocycles. The van der Waals surface area contributed by atoms with Crippen molar-refractivity contribution < 1.29 is 4.74 Å². The second-order valence-corrected chi connectivity index (χ2v) is 4.57. The van der Waals surface area contributed by atoms with Crippen molar-refractivity contribution in [3.05, 3.63) is 65.7 Å². The molecule has 0 aliphatic carbocycles. The maximum atomic E-state index is 6.10. The van der Waals surface area contributed by atoms with Gasteiger partial charge in [-0.05, 0) is 36.2 Å². The van der Waals surface area contributed by atoms with Crippen LogP contribution in [0.4, 0.5) is 0 Å². The Balaban J connectivity index is 1.88. The fourth-order valence-electron chi connectivity index (χ4n) is 2.41. The predicted octanol–water partition coefficient (Wildman–Crippen LogP) is 2.95. The van der Waals surface area contributed by atoms with E-state index >= 15 is 0 Å². The lowest BCUT2D eigenvalue weighted by molar-refractivity contribution is 0.205. The Kier molecular flexibility index (Phi) is 3.29. The van der Waals surface area contributed by atoms with E-state index in [-0.39, 0.29) is 6.10 Å². The largest absolute Gasteiger partial charge is 0.484 e. The number of nitrogens with one attached hydrogen (secondary N) is 1. The quantitative estimate of drug-likeness (QED) is 0.870. The van der Waals surface area contributed by atoms with E-state index in [1.807, 2.05) is 30.3 Å². The Bertz CT molecular complexity index is 510. The van der Waals surface area contributed by atoms with E-state index < -0.39 is 0 Å². The van der Waals surface area contributed by atoms with Gasteiger partial charge in [-0.2, -0.15) is 0 Å². The number of fused-ring (bicyclic) bond motifs is 1. The molecule has 0 saturated carbocycles. The van der Waals surface area contributed by atoms with Crippen LogP contribution in [0.15, 0.2) is 54.6 Å². The van der Waals surface area contributed by atoms with E-state index in [0.29, 0.717) is 0 Å². The lowest BCUT2D eigenvalue weighted by atomic mass is 10.0. The summed E-state index contributed by atoms with van der Waals surface area (Å²) in [6, 6.07) is 18.6. The van der Waals surface area contributed by atoms with Crippen LogP contribution in [0.25, 0.3) is 0 Å². The number of rotatable bonds is 2. The number of para-hydroxylation sites is 1. The molecule has 1 unspecified atom stereocenters. The van der Waals surface area contributed by atoms with Crippen molar-refractivity contribution in [1.29, 1.82) is 0 Å². The van der Waals surface area contributed by atoms with Crippen LogP contribution >= 0.6 is 0 Å². The van der Waals surface area contributed by atoms with Crippen LogP contribution in [0, 0.1) is 0 Å². The molecule has 0 fully saturated rings. The van der Waals surface area contributed by atoms with Gasteiger partial charge in [0.05, 0.1) is 0 Å². The maximum Gasteiger partial charge on any atom is 0.136 e. The highest BCUT2D eigenvalue weighted by molar-refractivity contribution is 5.32. The average Bonchev–Trinajstić information content (AvgIpc) is 2.63. The zero-order chi connectivity index (χ0) is 12.2. The third-order valence-corrected chi connectivity index (χ3v) is 3.32. The topological polar surface area (TPSA) is 21.3 Å². The second-order valence-electron chi connectivity index (χ2n) is 4.57. The molecule has 18 heavy (non-hydrogen) atoms. The van der Waals surface area contributed by atoms with Gasteiger partial charge in [-0.15, -0.1) is 0 Å². The van der Waals surface area contributed by atoms with Gasteiger partial charge in [0, 0.05) is 6.54 Å². The summed E-state index contributed by atoms with van der Waals surface area (Å²) in [4.78, 5) is 0. The summed E-state index contributed by atoms with van der Waals surface area (Å²) in [6.07, 6.45) is 1.18. The lowest BCUT2D eigenvalue weighted by Crippen LogP contribution is -2.23. The Morgan fingerprint density at radius 2 is 1.72 bits per heavy atom. The highest BCUT2D eigenvalue weighted by Gasteiger charge is 2.19. The van der Waals surface area contributed by atoms with Gasteiger partial charge in [0.25, 0.3) is 0 Å². The maximum absolute atomic E-state index is 6.10. The third kappa shape index (κ3) is 2.39. The van der Waals surface area contributed by atoms with Gasteiger partial charge in [-0.1, -0.05) is 42.5 Å². The van der Waals surface area contributed by atoms with E-state index in [0.717, 1.165) is 25.3 Å². The van der Waals surface area contributed by atoms with E-state index in [9.17, 15) is 0 Å². The Labute approximate surface area is 108 Å². The van der Waals surface area contributed by atoms with E-state index in [1.54, 1.807) is 0 Å². The molecule has 2 aromatic rings. The van der Waals surface area contributed by atoms with E-state index in [1.165, 1.54) is 11.1 Å². The standard InChI is InChI=1S/C16H17NO/c1-2-7-14(8-3-1)18-16-12-17-11-10-13-6-4-5-9-15(13)16/h1-9,16-17H,10-12H2. The summed E-state index contributed by atoms with van der Waals surface area (Å²) in [6.45, 7) is 1.89. The first-order chi connectivity index (χ1) is 8.93. The summed E-state index contributed by atoms with van der Waals surface area (Å²) in [5, 5.41) is 3.44. The first kappa shape index (κ1) is 11.3. The Hall–Kier alpha value is -1.80. The van der Waals surface area contributed by atoms with Crippen LogP contribution in [0.1, 0.15) is 17.2 Å². The van der Waals surface area contributed by atoms with E-state index in [4.69, 9.17) is 4.74 Å². The van der Waals surface area contributed by atoms with Gasteiger partial charge < -0.3 is 10.1 Å². The van der Waals surface area contributed by atoms with Crippen LogP contribution < -0.4 is 10.1 Å². The van der Waals surface area contributed by atoms with Gasteiger partial charge in [0.1, 0.15) is 11.9 Å². The van der Waals surface area contributed by atoms with Crippen molar-refractivity contribution >= 4 is 0 Å². The van der Waals surface area contributed by atoms with Gasteiger partial charge in [-0.25, -0.2) is 0 Å². The molecule has 0 radical (unpaired) electrons. The predicted molar refractivity (Wildman–Crippen MR) is 72.8 cm³/mol. The summed E-state index contributed by atoms with van der Waals surface area (Å²) >= 11 is 0. The van der Waals surface area contributed by atoms with Crippen LogP contribution in [-0.2, 0) is 6.42 Å². The molecule has 3 rings (SSSR count). The summed E-state index contributed by atoms with van der Waals surface area (Å²) in [5.41, 5.74) is 2.70. The molecule has 0 bridgehead atoms. The normalized spacial score (nSPS) is 18.8. The van der Waals surface area contributed by atoms with Crippen molar-refractivity contribution in [3.63, 3.8) is 0 Å². The summed E-state index contributed by atoms with van der Waals surface area (Å²) in [5.74, 6) is 0.931. The molecule has 1 atom stereocenters. The summed E-state index contributed by atoms with van der Waals surface area (Å²) in [7, 11) is 0. The number of hydrogen-bond acceptors (Lipinski definition) is 2. The molecule has 0 spiro atoms. The Morgan fingerprint density at radius 1 is 0.944 bits per heavy atom. The van der Waals surface area contributed by atoms with Crippen LogP contribution in [-0.4, -0.2) is 13.1 Å². The molecule has 92 valence electrons. The SMILES string of the molecule is c1ccc(OC2CNCCc3ccccc32)cc1. The van der Waals surface area contributed by atoms with Gasteiger partial charge in [0.2, 0.25) is 0 Å². The highest BCUT2D eigenvalue weighted by atomic mass is 16.5. The molecule has 1 aliphatic rings. The molecule has 2 heteroatoms. The Morgan fingerprint density at radius 3 is 2.61 bits per heavy atom. The molecular formula is C16H17NO. The fourth-order valence-corrected chi connectivity index (χ4v) is 2.41. The monoisotopic (exact) mass is 239 g/mol. The molecule has 0 amide bonds. The smallest absolute Gasteiger partial charge is 0.136 e. The van der Waals surface area contributed by atoms with Crippen LogP contribution in [0.3, 0.4) is 0 Å². The number of hydrogen-bond donors (Lipinski definition) is 1. The minimum atomic E-state index is 0.103. The fraction of sp³-hybridized carbons (Fsp3) is 0.250. The zero-order valence-corrected chi connectivity index (χ0v) is 10.3. The number of ether oxygens (including phenoxy) is 1. The van der Waals surface area contributed by atoms with Crippen LogP contribution in [0.2, 0.25) is 0 Å². The second kappa shape index (κ2) is 5.23. The van der Waals surface area contributed by atoms with Crippen molar-refractivity contribution in [2.45, 2.75) is 12.5 Å². The minimum Gasteiger partial charge on any atom is -0.484 e. The van der Waals surface area contributed by atoms with Gasteiger partial charge in [-0.3, -0.25) is 0 Å². The van der Waals surface area contributed by atoms with Crippen LogP contribution in [0.5, 0.6) is 5.75 Å². The zero-order valence-electron chi connectivity index (χ0n) is 10.3. The van der Waals surface area contributed by atoms with Gasteiger partial charge >= 0.3 is 0 Å². The minimum absolute atomic E-state index is 0.103. The molecular weight excluding hydrogens is 222 g/mol. The summed E-state index contributed by atoms with van der Waals surface area (Å²) < 4.78 is 6.10. The molecule has 1 heterocycles. The lowest BCUT2D eigenvalue weighted by Gasteiger charge is -2.19. The van der Waals surface area contributed by atoms with Gasteiger partial charge in [0.15, 0.2) is 0 Å². The first-order valence-electron chi connectivity index (χ1n) is 6.44. The van der Waals surface area contributed by atoms with Crippen molar-refractivity contribution in [2.24, 2.45) is 0 Å². The van der Waals surface area contributed by atoms with Crippen molar-refractivity contribution in [1.82, 2.24) is 5.32 Å². The molecule has 2 nitrogen and oxygen atoms in total. The average molecular weight is 239 g/mol. The van der Waals surface area contributed by atoms with E-state index in [2.05, 4.69) is 29.6 Å². The van der Waals surface area contributed by atoms with Crippen molar-refractivity contribution in [2.75, 3.05) is 13.1 Å². The molecule has 1 N–H and O–H groups in total. The van der Waals surface area contributed by atoms with Crippen molar-refractivity contribution in [3.8, 4) is 5.75 Å². The molecule has 0 aromatic heterocycles. The third-order valence-electron chi connectivity index (χ3n) is 3.32. The molecule has 2 aromatic carbocycles. The molecule has 1 aliphatic heterocycles. The highest BCUT2D eigenvalue weighted by Crippen LogP contribution is 2.25. The first-order valence-corrected chi connectivity index (χ1v) is 6.44. The number of benzene rings is 2.